The highest BCUT2D eigenvalue weighted by molar-refractivity contribution is 6.76. The van der Waals surface area contributed by atoms with Gasteiger partial charge < -0.3 is 14.2 Å². The van der Waals surface area contributed by atoms with Crippen LogP contribution in [0.4, 0.5) is 10.1 Å². The van der Waals surface area contributed by atoms with E-state index in [0.29, 0.717) is 30.1 Å². The molecule has 200 valence electrons. The van der Waals surface area contributed by atoms with Crippen LogP contribution in [0, 0.1) is 19.7 Å². The highest BCUT2D eigenvalue weighted by Gasteiger charge is 2.31. The molecular weight excluding hydrogens is 501 g/mol. The van der Waals surface area contributed by atoms with Gasteiger partial charge in [0, 0.05) is 56.0 Å². The second kappa shape index (κ2) is 11.7. The van der Waals surface area contributed by atoms with Gasteiger partial charge in [0.25, 0.3) is 0 Å². The second-order valence-corrected chi connectivity index (χ2v) is 17.6. The largest absolute Gasteiger partial charge is 0.368 e. The summed E-state index contributed by atoms with van der Waals surface area (Å²) in [5.41, 5.74) is 7.50. The number of ether oxygens (including phenoxy) is 1. The number of aromatic nitrogens is 2. The van der Waals surface area contributed by atoms with Crippen LogP contribution in [0.15, 0.2) is 42.7 Å². The summed E-state index contributed by atoms with van der Waals surface area (Å²) in [4.78, 5) is 7.15. The number of hydrogen-bond acceptors (Lipinski definition) is 3. The quantitative estimate of drug-likeness (QED) is 0.155. The van der Waals surface area contributed by atoms with E-state index in [-0.39, 0.29) is 5.82 Å². The van der Waals surface area contributed by atoms with Crippen LogP contribution in [-0.4, -0.2) is 36.8 Å². The van der Waals surface area contributed by atoms with Gasteiger partial charge in [-0.15, -0.1) is 11.6 Å². The Morgan fingerprint density at radius 2 is 1.92 bits per heavy atom. The fourth-order valence-electron chi connectivity index (χ4n) is 5.40. The molecule has 0 spiro atoms. The monoisotopic (exact) mass is 541 g/mol. The summed E-state index contributed by atoms with van der Waals surface area (Å²) < 4.78 is 22.3. The van der Waals surface area contributed by atoms with Gasteiger partial charge in [-0.1, -0.05) is 37.8 Å². The molecule has 0 radical (unpaired) electrons. The highest BCUT2D eigenvalue weighted by atomic mass is 35.5. The number of nitrogens with zero attached hydrogens (tertiary/aromatic N) is 3. The highest BCUT2D eigenvalue weighted by Crippen LogP contribution is 2.40. The average Bonchev–Trinajstić information content (AvgIpc) is 3.22. The molecule has 1 aromatic heterocycles. The summed E-state index contributed by atoms with van der Waals surface area (Å²) >= 11 is 6.23. The molecule has 3 aromatic rings. The smallest absolute Gasteiger partial charge is 0.126 e. The van der Waals surface area contributed by atoms with Crippen LogP contribution in [0.5, 0.6) is 0 Å². The van der Waals surface area contributed by atoms with Gasteiger partial charge in [-0.3, -0.25) is 0 Å². The van der Waals surface area contributed by atoms with Gasteiger partial charge in [0.2, 0.25) is 0 Å². The zero-order valence-electron chi connectivity index (χ0n) is 23.2. The van der Waals surface area contributed by atoms with Crippen LogP contribution < -0.4 is 4.90 Å². The van der Waals surface area contributed by atoms with E-state index >= 15 is 0 Å². The fraction of sp³-hybridized carbons (Fsp3) is 0.500. The summed E-state index contributed by atoms with van der Waals surface area (Å²) in [6.45, 7) is 15.7. The van der Waals surface area contributed by atoms with Crippen molar-refractivity contribution in [2.75, 3.05) is 18.1 Å². The van der Waals surface area contributed by atoms with E-state index in [4.69, 9.17) is 16.3 Å². The van der Waals surface area contributed by atoms with E-state index in [1.807, 2.05) is 25.4 Å². The molecule has 4 rings (SSSR count). The number of imidazole rings is 1. The summed E-state index contributed by atoms with van der Waals surface area (Å²) in [5.74, 6) is 0.729. The van der Waals surface area contributed by atoms with Crippen molar-refractivity contribution in [3.8, 4) is 11.1 Å². The third-order valence-electron chi connectivity index (χ3n) is 7.56. The van der Waals surface area contributed by atoms with Crippen molar-refractivity contribution in [3.63, 3.8) is 0 Å². The lowest BCUT2D eigenvalue weighted by atomic mass is 9.86. The Kier molecular flexibility index (Phi) is 8.82. The first-order chi connectivity index (χ1) is 17.6. The number of piperidine rings is 1. The predicted molar refractivity (Wildman–Crippen MR) is 156 cm³/mol. The molecule has 4 nitrogen and oxygen atoms in total. The lowest BCUT2D eigenvalue weighted by Crippen LogP contribution is -2.41. The Hall–Kier alpha value is -2.15. The molecule has 0 N–H and O–H groups in total. The van der Waals surface area contributed by atoms with Crippen molar-refractivity contribution in [1.82, 2.24) is 9.55 Å². The molecule has 7 heteroatoms. The maximum Gasteiger partial charge on any atom is 0.126 e. The third-order valence-corrected chi connectivity index (χ3v) is 9.57. The number of alkyl halides is 1. The third kappa shape index (κ3) is 6.65. The van der Waals surface area contributed by atoms with Crippen molar-refractivity contribution in [2.24, 2.45) is 0 Å². The Balaban J connectivity index is 1.54. The molecule has 37 heavy (non-hydrogen) atoms. The number of hydrogen-bond donors (Lipinski definition) is 0. The SMILES string of the molecule is Cc1cc(-c2ccc(CCl)cc2N2CCC(c3c(C)ncn3COCC[Si](C)(C)C)CC2C)ccc1F. The minimum Gasteiger partial charge on any atom is -0.368 e. The van der Waals surface area contributed by atoms with Crippen molar-refractivity contribution in [1.29, 1.82) is 0 Å². The second-order valence-electron chi connectivity index (χ2n) is 11.7. The Bertz CT molecular complexity index is 1220. The van der Waals surface area contributed by atoms with E-state index in [1.165, 1.54) is 17.4 Å². The molecule has 1 saturated heterocycles. The van der Waals surface area contributed by atoms with Gasteiger partial charge in [-0.25, -0.2) is 9.37 Å². The van der Waals surface area contributed by atoms with Crippen molar-refractivity contribution in [2.45, 2.75) is 83.9 Å². The zero-order valence-corrected chi connectivity index (χ0v) is 24.9. The van der Waals surface area contributed by atoms with E-state index in [0.717, 1.165) is 48.4 Å². The zero-order chi connectivity index (χ0) is 26.7. The maximum absolute atomic E-state index is 14.0. The Morgan fingerprint density at radius 3 is 2.59 bits per heavy atom. The van der Waals surface area contributed by atoms with Gasteiger partial charge >= 0.3 is 0 Å². The topological polar surface area (TPSA) is 30.3 Å². The van der Waals surface area contributed by atoms with E-state index in [1.54, 1.807) is 6.07 Å². The fourth-order valence-corrected chi connectivity index (χ4v) is 6.32. The summed E-state index contributed by atoms with van der Waals surface area (Å²) in [6, 6.07) is 13.3. The van der Waals surface area contributed by atoms with Gasteiger partial charge in [0.15, 0.2) is 0 Å². The molecule has 0 bridgehead atoms. The number of rotatable bonds is 9. The summed E-state index contributed by atoms with van der Waals surface area (Å²) in [7, 11) is -1.11. The van der Waals surface area contributed by atoms with Crippen LogP contribution in [0.1, 0.15) is 48.2 Å². The number of aryl methyl sites for hydroxylation is 2. The van der Waals surface area contributed by atoms with Crippen LogP contribution in [-0.2, 0) is 17.3 Å². The van der Waals surface area contributed by atoms with Crippen molar-refractivity contribution >= 4 is 25.4 Å². The van der Waals surface area contributed by atoms with Crippen molar-refractivity contribution < 1.29 is 9.13 Å². The van der Waals surface area contributed by atoms with Gasteiger partial charge in [0.1, 0.15) is 12.5 Å². The maximum atomic E-state index is 14.0. The Labute approximate surface area is 227 Å². The standard InChI is InChI=1S/C30H41ClFN3OSi/c1-21-15-25(8-10-28(21)32)27-9-7-24(18-31)17-29(27)35-12-11-26(16-22(35)2)30-23(3)33-19-34(30)20-36-13-14-37(4,5)6/h7-10,15,17,19,22,26H,11-14,16,18,20H2,1-6H3. The van der Waals surface area contributed by atoms with Gasteiger partial charge in [-0.05, 0) is 74.5 Å². The van der Waals surface area contributed by atoms with Gasteiger partial charge in [0.05, 0.1) is 12.0 Å². The number of anilines is 1. The molecule has 2 aromatic carbocycles. The lowest BCUT2D eigenvalue weighted by molar-refractivity contribution is 0.0839. The first-order valence-electron chi connectivity index (χ1n) is 13.4. The first kappa shape index (κ1) is 27.9. The molecule has 1 fully saturated rings. The minimum absolute atomic E-state index is 0.173. The Morgan fingerprint density at radius 1 is 1.14 bits per heavy atom. The molecule has 0 aliphatic carbocycles. The van der Waals surface area contributed by atoms with Gasteiger partial charge in [-0.2, -0.15) is 0 Å². The summed E-state index contributed by atoms with van der Waals surface area (Å²) in [6.07, 6.45) is 4.02. The number of halogens is 2. The average molecular weight is 542 g/mol. The van der Waals surface area contributed by atoms with E-state index in [9.17, 15) is 4.39 Å². The van der Waals surface area contributed by atoms with Crippen LogP contribution in [0.25, 0.3) is 11.1 Å². The first-order valence-corrected chi connectivity index (χ1v) is 17.6. The normalized spacial score (nSPS) is 18.4. The van der Waals surface area contributed by atoms with E-state index < -0.39 is 8.07 Å². The molecule has 2 atom stereocenters. The lowest BCUT2D eigenvalue weighted by Gasteiger charge is -2.41. The predicted octanol–water partition coefficient (Wildman–Crippen LogP) is 8.13. The van der Waals surface area contributed by atoms with E-state index in [2.05, 4.69) is 66.1 Å². The van der Waals surface area contributed by atoms with Crippen LogP contribution >= 0.6 is 11.6 Å². The molecule has 2 unspecified atom stereocenters. The minimum atomic E-state index is -1.11. The molecule has 1 aliphatic rings. The molecule has 0 saturated carbocycles. The molecule has 2 heterocycles. The van der Waals surface area contributed by atoms with Crippen LogP contribution in [0.3, 0.4) is 0 Å². The molecule has 0 amide bonds. The molecule has 1 aliphatic heterocycles. The number of benzene rings is 2. The summed E-state index contributed by atoms with van der Waals surface area (Å²) in [5, 5.41) is 0. The van der Waals surface area contributed by atoms with Crippen molar-refractivity contribution in [3.05, 3.63) is 71.1 Å². The van der Waals surface area contributed by atoms with Crippen LogP contribution in [0.2, 0.25) is 25.7 Å². The molecular formula is C30H41ClFN3OSi.